The van der Waals surface area contributed by atoms with Crippen LogP contribution in [0.5, 0.6) is 5.75 Å². The number of methoxy groups -OCH3 is 1. The van der Waals surface area contributed by atoms with E-state index < -0.39 is 33.8 Å². The Morgan fingerprint density at radius 2 is 1.81 bits per heavy atom. The van der Waals surface area contributed by atoms with Gasteiger partial charge >= 0.3 is 0 Å². The highest BCUT2D eigenvalue weighted by Gasteiger charge is 2.41. The van der Waals surface area contributed by atoms with Crippen LogP contribution in [0, 0.1) is 0 Å². The number of carbonyl (C=O) groups excluding carboxylic acids is 3. The Bertz CT molecular complexity index is 1180. The van der Waals surface area contributed by atoms with Crippen molar-refractivity contribution in [2.75, 3.05) is 26.0 Å². The molecular weight excluding hydrogens is 422 g/mol. The smallest absolute Gasteiger partial charge is 0.263 e. The number of imide groups is 1. The molecule has 0 saturated carbocycles. The van der Waals surface area contributed by atoms with E-state index in [0.29, 0.717) is 18.6 Å². The van der Waals surface area contributed by atoms with Gasteiger partial charge in [-0.25, -0.2) is 8.42 Å². The number of carbonyl (C=O) groups is 3. The summed E-state index contributed by atoms with van der Waals surface area (Å²) >= 11 is 0. The molecule has 2 aliphatic rings. The van der Waals surface area contributed by atoms with Crippen molar-refractivity contribution in [2.24, 2.45) is 0 Å². The Balaban J connectivity index is 1.60. The molecule has 3 amide bonds. The topological polar surface area (TPSA) is 113 Å². The fourth-order valence-corrected chi connectivity index (χ4v) is 5.55. The van der Waals surface area contributed by atoms with Crippen LogP contribution in [0.1, 0.15) is 33.6 Å². The fraction of sp³-hybridized carbons (Fsp3) is 0.286. The van der Waals surface area contributed by atoms with Crippen LogP contribution in [0.4, 0.5) is 5.69 Å². The molecular formula is C21H21N3O6S. The number of hydrogen-bond donors (Lipinski definition) is 1. The zero-order valence-corrected chi connectivity index (χ0v) is 17.8. The number of sulfonamides is 1. The Morgan fingerprint density at radius 3 is 2.48 bits per heavy atom. The summed E-state index contributed by atoms with van der Waals surface area (Å²) in [5.74, 6) is -0.972. The highest BCUT2D eigenvalue weighted by atomic mass is 32.2. The number of rotatable bonds is 5. The molecule has 0 radical (unpaired) electrons. The van der Waals surface area contributed by atoms with Gasteiger partial charge in [0.1, 0.15) is 11.8 Å². The summed E-state index contributed by atoms with van der Waals surface area (Å²) in [6.07, 6.45) is 0.879. The van der Waals surface area contributed by atoms with Gasteiger partial charge < -0.3 is 10.1 Å². The second-order valence-corrected chi connectivity index (χ2v) is 9.23. The van der Waals surface area contributed by atoms with Gasteiger partial charge in [-0.05, 0) is 49.2 Å². The van der Waals surface area contributed by atoms with Crippen LogP contribution < -0.4 is 10.1 Å². The Kier molecular flexibility index (Phi) is 5.28. The van der Waals surface area contributed by atoms with E-state index in [2.05, 4.69) is 5.32 Å². The number of hydrogen-bond acceptors (Lipinski definition) is 6. The maximum Gasteiger partial charge on any atom is 0.263 e. The lowest BCUT2D eigenvalue weighted by Gasteiger charge is -2.23. The highest BCUT2D eigenvalue weighted by molar-refractivity contribution is 7.89. The van der Waals surface area contributed by atoms with Gasteiger partial charge in [0.15, 0.2) is 0 Å². The van der Waals surface area contributed by atoms with Crippen molar-refractivity contribution in [3.63, 3.8) is 0 Å². The van der Waals surface area contributed by atoms with Gasteiger partial charge in [0.25, 0.3) is 11.8 Å². The van der Waals surface area contributed by atoms with Gasteiger partial charge in [0.2, 0.25) is 15.9 Å². The molecule has 1 atom stereocenters. The largest absolute Gasteiger partial charge is 0.497 e. The zero-order chi connectivity index (χ0) is 22.3. The van der Waals surface area contributed by atoms with Crippen LogP contribution in [0.15, 0.2) is 47.4 Å². The van der Waals surface area contributed by atoms with Crippen LogP contribution in [-0.4, -0.2) is 62.1 Å². The first kappa shape index (κ1) is 21.0. The number of nitrogens with zero attached hydrogens (tertiary/aromatic N) is 2. The van der Waals surface area contributed by atoms with E-state index in [4.69, 9.17) is 4.74 Å². The van der Waals surface area contributed by atoms with Gasteiger partial charge in [0, 0.05) is 13.6 Å². The van der Waals surface area contributed by atoms with Crippen molar-refractivity contribution in [2.45, 2.75) is 23.8 Å². The number of anilines is 1. The van der Waals surface area contributed by atoms with Gasteiger partial charge in [-0.2, -0.15) is 4.31 Å². The Labute approximate surface area is 179 Å². The number of nitrogens with one attached hydrogen (secondary N) is 1. The predicted molar refractivity (Wildman–Crippen MR) is 111 cm³/mol. The first-order chi connectivity index (χ1) is 14.8. The summed E-state index contributed by atoms with van der Waals surface area (Å²) < 4.78 is 32.5. The third-order valence-electron chi connectivity index (χ3n) is 5.55. The first-order valence-electron chi connectivity index (χ1n) is 9.68. The SMILES string of the molecule is COc1ccc(S(=O)(=O)N2CCCC2C(=O)Nc2cccc3c2C(=O)N(C)C3=O)cc1. The van der Waals surface area contributed by atoms with Crippen molar-refractivity contribution in [3.05, 3.63) is 53.6 Å². The summed E-state index contributed by atoms with van der Waals surface area (Å²) in [6, 6.07) is 9.65. The standard InChI is InChI=1S/C21H21N3O6S/c1-23-20(26)15-5-3-6-16(18(15)21(23)27)22-19(25)17-7-4-12-24(17)31(28,29)14-10-8-13(30-2)9-11-14/h3,5-6,8-11,17H,4,7,12H2,1-2H3,(H,22,25). The van der Waals surface area contributed by atoms with Gasteiger partial charge in [-0.1, -0.05) is 6.07 Å². The molecule has 4 rings (SSSR count). The van der Waals surface area contributed by atoms with Crippen molar-refractivity contribution < 1.29 is 27.5 Å². The molecule has 10 heteroatoms. The number of benzene rings is 2. The van der Waals surface area contributed by atoms with E-state index in [0.717, 1.165) is 4.90 Å². The molecule has 1 fully saturated rings. The van der Waals surface area contributed by atoms with Crippen LogP contribution >= 0.6 is 0 Å². The normalized spacial score (nSPS) is 18.9. The van der Waals surface area contributed by atoms with Crippen LogP contribution in [0.3, 0.4) is 0 Å². The van der Waals surface area contributed by atoms with E-state index in [1.54, 1.807) is 18.2 Å². The second-order valence-electron chi connectivity index (χ2n) is 7.34. The average molecular weight is 443 g/mol. The van der Waals surface area contributed by atoms with Crippen LogP contribution in [0.25, 0.3) is 0 Å². The van der Waals surface area contributed by atoms with E-state index in [1.165, 1.54) is 42.7 Å². The lowest BCUT2D eigenvalue weighted by atomic mass is 10.1. The van der Waals surface area contributed by atoms with Crippen molar-refractivity contribution in [3.8, 4) is 5.75 Å². The summed E-state index contributed by atoms with van der Waals surface area (Å²) in [4.78, 5) is 38.7. The maximum atomic E-state index is 13.1. The molecule has 2 heterocycles. The number of ether oxygens (including phenoxy) is 1. The Hall–Kier alpha value is -3.24. The first-order valence-corrected chi connectivity index (χ1v) is 11.1. The predicted octanol–water partition coefficient (Wildman–Crippen LogP) is 1.71. The maximum absolute atomic E-state index is 13.1. The molecule has 2 aliphatic heterocycles. The molecule has 9 nitrogen and oxygen atoms in total. The number of fused-ring (bicyclic) bond motifs is 1. The van der Waals surface area contributed by atoms with Gasteiger partial charge in [-0.3, -0.25) is 19.3 Å². The van der Waals surface area contributed by atoms with Gasteiger partial charge in [0.05, 0.1) is 28.8 Å². The fourth-order valence-electron chi connectivity index (χ4n) is 3.89. The Morgan fingerprint density at radius 1 is 1.10 bits per heavy atom. The molecule has 1 N–H and O–H groups in total. The molecule has 0 aliphatic carbocycles. The van der Waals surface area contributed by atoms with E-state index >= 15 is 0 Å². The summed E-state index contributed by atoms with van der Waals surface area (Å²) in [5.41, 5.74) is 0.518. The van der Waals surface area contributed by atoms with Gasteiger partial charge in [-0.15, -0.1) is 0 Å². The zero-order valence-electron chi connectivity index (χ0n) is 17.0. The quantitative estimate of drug-likeness (QED) is 0.704. The minimum atomic E-state index is -3.90. The number of amides is 3. The lowest BCUT2D eigenvalue weighted by molar-refractivity contribution is -0.119. The van der Waals surface area contributed by atoms with E-state index in [1.807, 2.05) is 0 Å². The molecule has 31 heavy (non-hydrogen) atoms. The molecule has 0 bridgehead atoms. The third kappa shape index (κ3) is 3.47. The third-order valence-corrected chi connectivity index (χ3v) is 7.47. The molecule has 0 aromatic heterocycles. The molecule has 162 valence electrons. The minimum Gasteiger partial charge on any atom is -0.497 e. The van der Waals surface area contributed by atoms with Crippen LogP contribution in [-0.2, 0) is 14.8 Å². The van der Waals surface area contributed by atoms with E-state index in [-0.39, 0.29) is 28.3 Å². The summed E-state index contributed by atoms with van der Waals surface area (Å²) in [5, 5.41) is 2.66. The average Bonchev–Trinajstić information content (AvgIpc) is 3.35. The summed E-state index contributed by atoms with van der Waals surface area (Å²) in [6.45, 7) is 0.208. The lowest BCUT2D eigenvalue weighted by Crippen LogP contribution is -2.43. The molecule has 2 aromatic rings. The molecule has 1 saturated heterocycles. The van der Waals surface area contributed by atoms with Crippen LogP contribution in [0.2, 0.25) is 0 Å². The molecule has 1 unspecified atom stereocenters. The molecule has 0 spiro atoms. The summed E-state index contributed by atoms with van der Waals surface area (Å²) in [7, 11) is -1.04. The van der Waals surface area contributed by atoms with Crippen molar-refractivity contribution in [1.29, 1.82) is 0 Å². The second kappa shape index (κ2) is 7.78. The van der Waals surface area contributed by atoms with Crippen molar-refractivity contribution >= 4 is 33.4 Å². The molecule has 2 aromatic carbocycles. The van der Waals surface area contributed by atoms with E-state index in [9.17, 15) is 22.8 Å². The highest BCUT2D eigenvalue weighted by Crippen LogP contribution is 2.31. The monoisotopic (exact) mass is 443 g/mol. The van der Waals surface area contributed by atoms with Crippen molar-refractivity contribution in [1.82, 2.24) is 9.21 Å². The minimum absolute atomic E-state index is 0.0657.